The van der Waals surface area contributed by atoms with Crippen molar-refractivity contribution in [3.8, 4) is 0 Å². The zero-order valence-corrected chi connectivity index (χ0v) is 11.7. The zero-order chi connectivity index (χ0) is 15.0. The predicted octanol–water partition coefficient (Wildman–Crippen LogP) is 5.17. The molecule has 0 heterocycles. The van der Waals surface area contributed by atoms with Gasteiger partial charge in [-0.3, -0.25) is 0 Å². The van der Waals surface area contributed by atoms with E-state index >= 15 is 0 Å². The van der Waals surface area contributed by atoms with Crippen LogP contribution in [0.25, 0.3) is 0 Å². The normalized spacial score (nSPS) is 12.6. The number of rotatable bonds is 2. The van der Waals surface area contributed by atoms with Crippen molar-refractivity contribution in [2.24, 2.45) is 0 Å². The largest absolute Gasteiger partial charge is 0.207 e. The van der Waals surface area contributed by atoms with E-state index in [-0.39, 0.29) is 16.7 Å². The third kappa shape index (κ3) is 2.57. The van der Waals surface area contributed by atoms with Crippen molar-refractivity contribution in [1.82, 2.24) is 0 Å². The van der Waals surface area contributed by atoms with E-state index in [1.165, 1.54) is 6.92 Å². The quantitative estimate of drug-likeness (QED) is 0.398. The topological polar surface area (TPSA) is 0 Å². The lowest BCUT2D eigenvalue weighted by Gasteiger charge is -2.14. The minimum absolute atomic E-state index is 0.0942. The summed E-state index contributed by atoms with van der Waals surface area (Å²) in [5, 5.41) is 0. The molecular weight excluding hydrogens is 343 g/mol. The Hall–Kier alpha value is -1.43. The van der Waals surface area contributed by atoms with Crippen LogP contribution in [-0.2, 0) is 0 Å². The van der Waals surface area contributed by atoms with Crippen molar-refractivity contribution >= 4 is 15.9 Å². The second-order valence-corrected chi connectivity index (χ2v) is 5.17. The molecule has 0 saturated carbocycles. The van der Waals surface area contributed by atoms with Crippen LogP contribution in [0.3, 0.4) is 0 Å². The highest BCUT2D eigenvalue weighted by molar-refractivity contribution is 9.09. The van der Waals surface area contributed by atoms with Crippen molar-refractivity contribution < 1.29 is 22.0 Å². The van der Waals surface area contributed by atoms with Gasteiger partial charge in [0.2, 0.25) is 0 Å². The Morgan fingerprint density at radius 1 is 0.800 bits per heavy atom. The number of hydrogen-bond donors (Lipinski definition) is 0. The average Bonchev–Trinajstić information content (AvgIpc) is 2.40. The van der Waals surface area contributed by atoms with E-state index in [0.29, 0.717) is 0 Å². The fourth-order valence-electron chi connectivity index (χ4n) is 1.76. The van der Waals surface area contributed by atoms with Crippen LogP contribution in [0.2, 0.25) is 0 Å². The number of benzene rings is 2. The maximum absolute atomic E-state index is 13.8. The lowest BCUT2D eigenvalue weighted by atomic mass is 10.0. The van der Waals surface area contributed by atoms with Gasteiger partial charge in [-0.25, -0.2) is 22.0 Å². The molecule has 2 aromatic carbocycles. The summed E-state index contributed by atoms with van der Waals surface area (Å²) in [4.78, 5) is -1.13. The van der Waals surface area contributed by atoms with E-state index in [9.17, 15) is 22.0 Å². The van der Waals surface area contributed by atoms with E-state index in [2.05, 4.69) is 15.9 Å². The Balaban J connectivity index is 2.55. The van der Waals surface area contributed by atoms with Crippen LogP contribution in [0.15, 0.2) is 24.3 Å². The van der Waals surface area contributed by atoms with Gasteiger partial charge < -0.3 is 0 Å². The van der Waals surface area contributed by atoms with Gasteiger partial charge in [-0.05, 0) is 30.7 Å². The summed E-state index contributed by atoms with van der Waals surface area (Å²) in [5.41, 5.74) is -0.416. The van der Waals surface area contributed by atoms with E-state index in [4.69, 9.17) is 0 Å². The molecule has 0 spiro atoms. The summed E-state index contributed by atoms with van der Waals surface area (Å²) in [6.07, 6.45) is 0. The zero-order valence-electron chi connectivity index (χ0n) is 10.2. The molecule has 0 aliphatic rings. The molecule has 1 atom stereocenters. The van der Waals surface area contributed by atoms with Gasteiger partial charge in [0.15, 0.2) is 17.5 Å². The van der Waals surface area contributed by atoms with E-state index in [1.807, 2.05) is 0 Å². The molecule has 0 saturated heterocycles. The highest BCUT2D eigenvalue weighted by Crippen LogP contribution is 2.35. The van der Waals surface area contributed by atoms with Crippen molar-refractivity contribution in [3.05, 3.63) is 70.0 Å². The van der Waals surface area contributed by atoms with Gasteiger partial charge in [-0.15, -0.1) is 0 Å². The van der Waals surface area contributed by atoms with Crippen molar-refractivity contribution in [1.29, 1.82) is 0 Å². The molecule has 2 aromatic rings. The molecule has 0 aromatic heterocycles. The third-order valence-corrected chi connectivity index (χ3v) is 3.88. The third-order valence-electron chi connectivity index (χ3n) is 2.89. The Labute approximate surface area is 120 Å². The van der Waals surface area contributed by atoms with Crippen LogP contribution in [0.5, 0.6) is 0 Å². The van der Waals surface area contributed by atoms with Crippen LogP contribution < -0.4 is 0 Å². The van der Waals surface area contributed by atoms with Crippen LogP contribution in [0.4, 0.5) is 22.0 Å². The standard InChI is InChI=1S/C14H8BrF5/c1-6-4-11(18)8(5-10(6)17)12(15)7-2-3-9(16)14(20)13(7)19/h2-5,12H,1H3. The van der Waals surface area contributed by atoms with Gasteiger partial charge in [-0.2, -0.15) is 0 Å². The Bertz CT molecular complexity index is 667. The summed E-state index contributed by atoms with van der Waals surface area (Å²) in [6, 6.07) is 3.55. The summed E-state index contributed by atoms with van der Waals surface area (Å²) in [7, 11) is 0. The molecule has 2 rings (SSSR count). The second kappa shape index (κ2) is 5.52. The fraction of sp³-hybridized carbons (Fsp3) is 0.143. The monoisotopic (exact) mass is 350 g/mol. The van der Waals surface area contributed by atoms with Crippen molar-refractivity contribution in [2.45, 2.75) is 11.8 Å². The van der Waals surface area contributed by atoms with Crippen LogP contribution >= 0.6 is 15.9 Å². The first-order valence-electron chi connectivity index (χ1n) is 5.56. The van der Waals surface area contributed by atoms with Gasteiger partial charge in [0.25, 0.3) is 0 Å². The lowest BCUT2D eigenvalue weighted by molar-refractivity contribution is 0.441. The van der Waals surface area contributed by atoms with Gasteiger partial charge >= 0.3 is 0 Å². The first kappa shape index (κ1) is 15.0. The highest BCUT2D eigenvalue weighted by atomic mass is 79.9. The Kier molecular flexibility index (Phi) is 4.13. The molecule has 0 radical (unpaired) electrons. The molecule has 0 N–H and O–H groups in total. The summed E-state index contributed by atoms with van der Waals surface area (Å²) >= 11 is 2.98. The molecule has 106 valence electrons. The molecule has 0 aliphatic carbocycles. The van der Waals surface area contributed by atoms with E-state index < -0.39 is 33.9 Å². The molecule has 0 amide bonds. The molecule has 0 nitrogen and oxygen atoms in total. The minimum Gasteiger partial charge on any atom is -0.207 e. The lowest BCUT2D eigenvalue weighted by Crippen LogP contribution is -2.04. The summed E-state index contributed by atoms with van der Waals surface area (Å²) < 4.78 is 66.9. The molecule has 20 heavy (non-hydrogen) atoms. The number of hydrogen-bond acceptors (Lipinski definition) is 0. The second-order valence-electron chi connectivity index (χ2n) is 4.25. The average molecular weight is 351 g/mol. The SMILES string of the molecule is Cc1cc(F)c(C(Br)c2ccc(F)c(F)c2F)cc1F. The molecule has 0 fully saturated rings. The van der Waals surface area contributed by atoms with E-state index in [0.717, 1.165) is 24.3 Å². The maximum Gasteiger partial charge on any atom is 0.194 e. The predicted molar refractivity (Wildman–Crippen MR) is 68.2 cm³/mol. The summed E-state index contributed by atoms with van der Waals surface area (Å²) in [6.45, 7) is 1.38. The minimum atomic E-state index is -1.65. The highest BCUT2D eigenvalue weighted by Gasteiger charge is 2.23. The van der Waals surface area contributed by atoms with Crippen LogP contribution in [0, 0.1) is 36.0 Å². The smallest absolute Gasteiger partial charge is 0.194 e. The first-order valence-corrected chi connectivity index (χ1v) is 6.47. The van der Waals surface area contributed by atoms with Gasteiger partial charge in [0.1, 0.15) is 11.6 Å². The van der Waals surface area contributed by atoms with Gasteiger partial charge in [0, 0.05) is 11.1 Å². The van der Waals surface area contributed by atoms with Crippen LogP contribution in [-0.4, -0.2) is 0 Å². The molecule has 6 heteroatoms. The number of alkyl halides is 1. The number of halogens is 6. The Morgan fingerprint density at radius 3 is 2.10 bits per heavy atom. The molecular formula is C14H8BrF5. The molecule has 1 unspecified atom stereocenters. The van der Waals surface area contributed by atoms with Crippen LogP contribution in [0.1, 0.15) is 21.5 Å². The fourth-order valence-corrected chi connectivity index (χ4v) is 2.46. The van der Waals surface area contributed by atoms with Crippen molar-refractivity contribution in [3.63, 3.8) is 0 Å². The van der Waals surface area contributed by atoms with Gasteiger partial charge in [-0.1, -0.05) is 22.0 Å². The Morgan fingerprint density at radius 2 is 1.45 bits per heavy atom. The number of aryl methyl sites for hydroxylation is 1. The first-order chi connectivity index (χ1) is 9.32. The summed E-state index contributed by atoms with van der Waals surface area (Å²) in [5.74, 6) is -5.88. The van der Waals surface area contributed by atoms with Crippen molar-refractivity contribution in [2.75, 3.05) is 0 Å². The van der Waals surface area contributed by atoms with E-state index in [1.54, 1.807) is 0 Å². The molecule has 0 bridgehead atoms. The molecule has 0 aliphatic heterocycles. The van der Waals surface area contributed by atoms with Gasteiger partial charge in [0.05, 0.1) is 4.83 Å². The maximum atomic E-state index is 13.8.